The van der Waals surface area contributed by atoms with Crippen LogP contribution >= 0.6 is 11.6 Å². The molecule has 0 fully saturated rings. The summed E-state index contributed by atoms with van der Waals surface area (Å²) in [6.45, 7) is 0. The Labute approximate surface area is 86.6 Å². The zero-order valence-corrected chi connectivity index (χ0v) is 8.07. The Morgan fingerprint density at radius 2 is 1.57 bits per heavy atom. The number of nitrogen functional groups attached to an aromatic ring is 1. The minimum Gasteiger partial charge on any atom is -0.397 e. The first-order chi connectivity index (χ1) is 6.75. The molecule has 2 aromatic rings. The van der Waals surface area contributed by atoms with Gasteiger partial charge >= 0.3 is 0 Å². The lowest BCUT2D eigenvalue weighted by atomic mass is 10.1. The molecule has 0 aliphatic carbocycles. The molecule has 0 aromatic carbocycles. The first kappa shape index (κ1) is 8.97. The molecule has 0 saturated carbocycles. The minimum atomic E-state index is 0.602. The lowest BCUT2D eigenvalue weighted by molar-refractivity contribution is 1.30. The molecule has 4 heteroatoms. The summed E-state index contributed by atoms with van der Waals surface area (Å²) in [4.78, 5) is 7.98. The third-order valence-corrected chi connectivity index (χ3v) is 2.00. The van der Waals surface area contributed by atoms with Gasteiger partial charge in [-0.1, -0.05) is 11.6 Å². The SMILES string of the molecule is Nc1cncc(-c2cncc(Cl)c2)c1. The maximum absolute atomic E-state index is 5.82. The molecule has 14 heavy (non-hydrogen) atoms. The van der Waals surface area contributed by atoms with Gasteiger partial charge in [-0.15, -0.1) is 0 Å². The molecule has 70 valence electrons. The summed E-state index contributed by atoms with van der Waals surface area (Å²) in [6.07, 6.45) is 6.64. The van der Waals surface area contributed by atoms with E-state index in [0.29, 0.717) is 10.7 Å². The third kappa shape index (κ3) is 1.83. The Balaban J connectivity index is 2.49. The van der Waals surface area contributed by atoms with Crippen LogP contribution in [-0.2, 0) is 0 Å². The van der Waals surface area contributed by atoms with Gasteiger partial charge in [-0.25, -0.2) is 0 Å². The van der Waals surface area contributed by atoms with Crippen LogP contribution in [0.15, 0.2) is 36.9 Å². The average Bonchev–Trinajstić information content (AvgIpc) is 2.18. The molecule has 0 unspecified atom stereocenters. The number of halogens is 1. The lowest BCUT2D eigenvalue weighted by Gasteiger charge is -2.01. The van der Waals surface area contributed by atoms with Gasteiger partial charge in [0.1, 0.15) is 0 Å². The van der Waals surface area contributed by atoms with Crippen molar-refractivity contribution < 1.29 is 0 Å². The molecule has 0 saturated heterocycles. The van der Waals surface area contributed by atoms with Crippen LogP contribution in [0.4, 0.5) is 5.69 Å². The van der Waals surface area contributed by atoms with E-state index in [1.54, 1.807) is 24.8 Å². The highest BCUT2D eigenvalue weighted by Gasteiger charge is 1.99. The first-order valence-electron chi connectivity index (χ1n) is 4.07. The van der Waals surface area contributed by atoms with Crippen LogP contribution in [0.5, 0.6) is 0 Å². The highest BCUT2D eigenvalue weighted by atomic mass is 35.5. The highest BCUT2D eigenvalue weighted by Crippen LogP contribution is 2.21. The summed E-state index contributed by atoms with van der Waals surface area (Å²) in [5.74, 6) is 0. The zero-order valence-electron chi connectivity index (χ0n) is 7.31. The van der Waals surface area contributed by atoms with Gasteiger partial charge in [0.2, 0.25) is 0 Å². The topological polar surface area (TPSA) is 51.8 Å². The average molecular weight is 206 g/mol. The minimum absolute atomic E-state index is 0.602. The van der Waals surface area contributed by atoms with E-state index in [0.717, 1.165) is 11.1 Å². The van der Waals surface area contributed by atoms with Crippen LogP contribution in [0, 0.1) is 0 Å². The zero-order chi connectivity index (χ0) is 9.97. The lowest BCUT2D eigenvalue weighted by Crippen LogP contribution is -1.88. The number of hydrogen-bond donors (Lipinski definition) is 1. The standard InChI is InChI=1S/C10H8ClN3/c11-9-1-7(3-13-5-9)8-2-10(12)6-14-4-8/h1-6H,12H2. The molecule has 0 aliphatic heterocycles. The van der Waals surface area contributed by atoms with Crippen LogP contribution < -0.4 is 5.73 Å². The van der Waals surface area contributed by atoms with Crippen molar-refractivity contribution in [2.45, 2.75) is 0 Å². The van der Waals surface area contributed by atoms with E-state index in [1.165, 1.54) is 0 Å². The van der Waals surface area contributed by atoms with Gasteiger partial charge in [-0.3, -0.25) is 9.97 Å². The molecule has 0 spiro atoms. The number of hydrogen-bond acceptors (Lipinski definition) is 3. The van der Waals surface area contributed by atoms with E-state index in [2.05, 4.69) is 9.97 Å². The van der Waals surface area contributed by atoms with Crippen LogP contribution in [0.3, 0.4) is 0 Å². The van der Waals surface area contributed by atoms with Gasteiger partial charge in [0.05, 0.1) is 10.7 Å². The third-order valence-electron chi connectivity index (χ3n) is 1.80. The fourth-order valence-electron chi connectivity index (χ4n) is 1.19. The molecule has 2 heterocycles. The smallest absolute Gasteiger partial charge is 0.0595 e. The quantitative estimate of drug-likeness (QED) is 0.778. The van der Waals surface area contributed by atoms with E-state index >= 15 is 0 Å². The first-order valence-corrected chi connectivity index (χ1v) is 4.45. The number of nitrogens with two attached hydrogens (primary N) is 1. The second kappa shape index (κ2) is 3.64. The predicted octanol–water partition coefficient (Wildman–Crippen LogP) is 2.38. The molecule has 0 atom stereocenters. The maximum Gasteiger partial charge on any atom is 0.0595 e. The second-order valence-electron chi connectivity index (χ2n) is 2.90. The largest absolute Gasteiger partial charge is 0.397 e. The number of anilines is 1. The van der Waals surface area contributed by atoms with E-state index in [4.69, 9.17) is 17.3 Å². The van der Waals surface area contributed by atoms with Crippen LogP contribution in [0.25, 0.3) is 11.1 Å². The normalized spacial score (nSPS) is 10.1. The van der Waals surface area contributed by atoms with Gasteiger partial charge in [-0.05, 0) is 12.1 Å². The molecule has 2 rings (SSSR count). The summed E-state index contributed by atoms with van der Waals surface area (Å²) in [5.41, 5.74) is 8.08. The number of aromatic nitrogens is 2. The van der Waals surface area contributed by atoms with Gasteiger partial charge in [0.15, 0.2) is 0 Å². The van der Waals surface area contributed by atoms with Crippen molar-refractivity contribution in [1.82, 2.24) is 9.97 Å². The maximum atomic E-state index is 5.82. The van der Waals surface area contributed by atoms with Crippen molar-refractivity contribution in [3.05, 3.63) is 41.9 Å². The predicted molar refractivity (Wildman–Crippen MR) is 56.9 cm³/mol. The summed E-state index contributed by atoms with van der Waals surface area (Å²) in [7, 11) is 0. The molecular weight excluding hydrogens is 198 g/mol. The van der Waals surface area contributed by atoms with Gasteiger partial charge in [0, 0.05) is 35.9 Å². The van der Waals surface area contributed by atoms with Crippen LogP contribution in [0.1, 0.15) is 0 Å². The summed E-state index contributed by atoms with van der Waals surface area (Å²) < 4.78 is 0. The van der Waals surface area contributed by atoms with Crippen molar-refractivity contribution in [3.63, 3.8) is 0 Å². The van der Waals surface area contributed by atoms with Crippen molar-refractivity contribution in [2.75, 3.05) is 5.73 Å². The molecule has 3 nitrogen and oxygen atoms in total. The Morgan fingerprint density at radius 1 is 0.929 bits per heavy atom. The van der Waals surface area contributed by atoms with Crippen molar-refractivity contribution in [1.29, 1.82) is 0 Å². The van der Waals surface area contributed by atoms with E-state index < -0.39 is 0 Å². The Morgan fingerprint density at radius 3 is 2.21 bits per heavy atom. The molecule has 0 bridgehead atoms. The molecule has 0 amide bonds. The van der Waals surface area contributed by atoms with Crippen molar-refractivity contribution in [2.24, 2.45) is 0 Å². The summed E-state index contributed by atoms with van der Waals surface area (Å²) in [6, 6.07) is 3.66. The van der Waals surface area contributed by atoms with Crippen LogP contribution in [-0.4, -0.2) is 9.97 Å². The van der Waals surface area contributed by atoms with E-state index in [9.17, 15) is 0 Å². The number of pyridine rings is 2. The van der Waals surface area contributed by atoms with E-state index in [1.807, 2.05) is 12.1 Å². The van der Waals surface area contributed by atoms with Gasteiger partial charge in [-0.2, -0.15) is 0 Å². The number of rotatable bonds is 1. The molecule has 2 N–H and O–H groups in total. The molecular formula is C10H8ClN3. The van der Waals surface area contributed by atoms with Crippen molar-refractivity contribution >= 4 is 17.3 Å². The molecule has 0 aliphatic rings. The fourth-order valence-corrected chi connectivity index (χ4v) is 1.36. The summed E-state index contributed by atoms with van der Waals surface area (Å²) in [5, 5.41) is 0.602. The van der Waals surface area contributed by atoms with Gasteiger partial charge < -0.3 is 5.73 Å². The Bertz CT molecular complexity index is 413. The van der Waals surface area contributed by atoms with Crippen LogP contribution in [0.2, 0.25) is 5.02 Å². The summed E-state index contributed by atoms with van der Waals surface area (Å²) >= 11 is 5.82. The second-order valence-corrected chi connectivity index (χ2v) is 3.34. The Hall–Kier alpha value is -1.61. The number of nitrogens with zero attached hydrogens (tertiary/aromatic N) is 2. The molecule has 2 aromatic heterocycles. The Kier molecular flexibility index (Phi) is 2.33. The monoisotopic (exact) mass is 205 g/mol. The molecule has 0 radical (unpaired) electrons. The highest BCUT2D eigenvalue weighted by molar-refractivity contribution is 6.30. The van der Waals surface area contributed by atoms with Crippen molar-refractivity contribution in [3.8, 4) is 11.1 Å². The van der Waals surface area contributed by atoms with Gasteiger partial charge in [0.25, 0.3) is 0 Å². The fraction of sp³-hybridized carbons (Fsp3) is 0. The van der Waals surface area contributed by atoms with E-state index in [-0.39, 0.29) is 0 Å².